The van der Waals surface area contributed by atoms with E-state index < -0.39 is 0 Å². The number of nitrogens with two attached hydrogens (primary N) is 1. The van der Waals surface area contributed by atoms with Crippen molar-refractivity contribution in [3.63, 3.8) is 0 Å². The molecule has 3 rings (SSSR count). The summed E-state index contributed by atoms with van der Waals surface area (Å²) in [5.74, 6) is -0.550. The van der Waals surface area contributed by atoms with Crippen LogP contribution in [0.15, 0.2) is 42.5 Å². The fraction of sp³-hybridized carbons (Fsp3) is 0.125. The van der Waals surface area contributed by atoms with Crippen LogP contribution in [0.2, 0.25) is 0 Å². The standard InChI is InChI=1S/C16H14N2O2/c1-10-6-7-11(9-17)8-14(10)18-15(19)12-4-2-3-5-13(12)16(18)20/h2-8H,9,17H2,1H3. The molecular weight excluding hydrogens is 252 g/mol. The smallest absolute Gasteiger partial charge is 0.266 e. The zero-order valence-corrected chi connectivity index (χ0v) is 11.1. The van der Waals surface area contributed by atoms with Crippen LogP contribution in [0.3, 0.4) is 0 Å². The quantitative estimate of drug-likeness (QED) is 0.848. The number of fused-ring (bicyclic) bond motifs is 1. The lowest BCUT2D eigenvalue weighted by molar-refractivity contribution is 0.0926. The van der Waals surface area contributed by atoms with Gasteiger partial charge in [0.15, 0.2) is 0 Å². The fourth-order valence-corrected chi connectivity index (χ4v) is 2.43. The van der Waals surface area contributed by atoms with Gasteiger partial charge in [0.1, 0.15) is 0 Å². The van der Waals surface area contributed by atoms with Gasteiger partial charge >= 0.3 is 0 Å². The summed E-state index contributed by atoms with van der Waals surface area (Å²) in [6.07, 6.45) is 0. The Morgan fingerprint density at radius 1 is 1.00 bits per heavy atom. The third-order valence-corrected chi connectivity index (χ3v) is 3.54. The second-order valence-electron chi connectivity index (χ2n) is 4.82. The maximum absolute atomic E-state index is 12.4. The summed E-state index contributed by atoms with van der Waals surface area (Å²) in [5, 5.41) is 0. The van der Waals surface area contributed by atoms with Gasteiger partial charge in [-0.05, 0) is 36.2 Å². The molecule has 0 saturated carbocycles. The average Bonchev–Trinajstić information content (AvgIpc) is 2.72. The third-order valence-electron chi connectivity index (χ3n) is 3.54. The molecule has 2 amide bonds. The number of imide groups is 1. The Balaban J connectivity index is 2.14. The van der Waals surface area contributed by atoms with Gasteiger partial charge in [-0.2, -0.15) is 0 Å². The number of hydrogen-bond acceptors (Lipinski definition) is 3. The normalized spacial score (nSPS) is 13.8. The monoisotopic (exact) mass is 266 g/mol. The third kappa shape index (κ3) is 1.73. The van der Waals surface area contributed by atoms with Crippen LogP contribution in [0.1, 0.15) is 31.8 Å². The van der Waals surface area contributed by atoms with E-state index in [-0.39, 0.29) is 11.8 Å². The topological polar surface area (TPSA) is 63.4 Å². The van der Waals surface area contributed by atoms with Gasteiger partial charge in [0.2, 0.25) is 0 Å². The van der Waals surface area contributed by atoms with E-state index in [0.29, 0.717) is 23.4 Å². The number of benzene rings is 2. The Hall–Kier alpha value is -2.46. The van der Waals surface area contributed by atoms with Crippen molar-refractivity contribution in [3.8, 4) is 0 Å². The first-order valence-corrected chi connectivity index (χ1v) is 6.41. The Labute approximate surface area is 116 Å². The molecule has 20 heavy (non-hydrogen) atoms. The molecule has 2 aromatic carbocycles. The number of aryl methyl sites for hydroxylation is 1. The van der Waals surface area contributed by atoms with Gasteiger partial charge in [-0.1, -0.05) is 24.3 Å². The van der Waals surface area contributed by atoms with Gasteiger partial charge < -0.3 is 5.73 Å². The highest BCUT2D eigenvalue weighted by Gasteiger charge is 2.36. The van der Waals surface area contributed by atoms with Crippen molar-refractivity contribution < 1.29 is 9.59 Å². The minimum Gasteiger partial charge on any atom is -0.326 e. The van der Waals surface area contributed by atoms with Gasteiger partial charge in [-0.3, -0.25) is 9.59 Å². The van der Waals surface area contributed by atoms with Gasteiger partial charge in [-0.15, -0.1) is 0 Å². The lowest BCUT2D eigenvalue weighted by atomic mass is 10.1. The number of carbonyl (C=O) groups is 2. The first-order chi connectivity index (χ1) is 9.63. The van der Waals surface area contributed by atoms with Gasteiger partial charge in [-0.25, -0.2) is 4.90 Å². The number of hydrogen-bond donors (Lipinski definition) is 1. The summed E-state index contributed by atoms with van der Waals surface area (Å²) in [6.45, 7) is 2.25. The molecule has 0 bridgehead atoms. The minimum atomic E-state index is -0.275. The van der Waals surface area contributed by atoms with Crippen LogP contribution in [0.4, 0.5) is 5.69 Å². The van der Waals surface area contributed by atoms with Crippen molar-refractivity contribution in [2.75, 3.05) is 4.90 Å². The highest BCUT2D eigenvalue weighted by atomic mass is 16.2. The maximum Gasteiger partial charge on any atom is 0.266 e. The van der Waals surface area contributed by atoms with Crippen molar-refractivity contribution in [1.82, 2.24) is 0 Å². The van der Waals surface area contributed by atoms with Crippen molar-refractivity contribution in [2.24, 2.45) is 5.73 Å². The second kappa shape index (κ2) is 4.58. The highest BCUT2D eigenvalue weighted by Crippen LogP contribution is 2.31. The average molecular weight is 266 g/mol. The highest BCUT2D eigenvalue weighted by molar-refractivity contribution is 6.34. The molecule has 4 nitrogen and oxygen atoms in total. The fourth-order valence-electron chi connectivity index (χ4n) is 2.43. The zero-order valence-electron chi connectivity index (χ0n) is 11.1. The molecule has 0 atom stereocenters. The number of anilines is 1. The van der Waals surface area contributed by atoms with Gasteiger partial charge in [0, 0.05) is 6.54 Å². The molecule has 0 aliphatic carbocycles. The van der Waals surface area contributed by atoms with Crippen molar-refractivity contribution in [1.29, 1.82) is 0 Å². The van der Waals surface area contributed by atoms with E-state index in [1.807, 2.05) is 19.1 Å². The summed E-state index contributed by atoms with van der Waals surface area (Å²) in [7, 11) is 0. The van der Waals surface area contributed by atoms with E-state index in [4.69, 9.17) is 5.73 Å². The van der Waals surface area contributed by atoms with Crippen LogP contribution in [-0.4, -0.2) is 11.8 Å². The van der Waals surface area contributed by atoms with Crippen LogP contribution < -0.4 is 10.6 Å². The summed E-state index contributed by atoms with van der Waals surface area (Å²) in [5.41, 5.74) is 8.91. The van der Waals surface area contributed by atoms with Crippen molar-refractivity contribution in [2.45, 2.75) is 13.5 Å². The Bertz CT molecular complexity index is 687. The molecule has 2 N–H and O–H groups in total. The Morgan fingerprint density at radius 2 is 1.60 bits per heavy atom. The van der Waals surface area contributed by atoms with Crippen molar-refractivity contribution in [3.05, 3.63) is 64.7 Å². The summed E-state index contributed by atoms with van der Waals surface area (Å²) >= 11 is 0. The molecule has 1 aliphatic rings. The zero-order chi connectivity index (χ0) is 14.3. The lowest BCUT2D eigenvalue weighted by Crippen LogP contribution is -2.30. The van der Waals surface area contributed by atoms with E-state index >= 15 is 0 Å². The van der Waals surface area contributed by atoms with E-state index in [0.717, 1.165) is 11.1 Å². The molecule has 0 fully saturated rings. The van der Waals surface area contributed by atoms with E-state index in [9.17, 15) is 9.59 Å². The first-order valence-electron chi connectivity index (χ1n) is 6.41. The Morgan fingerprint density at radius 3 is 2.15 bits per heavy atom. The molecule has 2 aromatic rings. The SMILES string of the molecule is Cc1ccc(CN)cc1N1C(=O)c2ccccc2C1=O. The molecule has 1 heterocycles. The largest absolute Gasteiger partial charge is 0.326 e. The number of rotatable bonds is 2. The molecule has 1 aliphatic heterocycles. The number of nitrogens with zero attached hydrogens (tertiary/aromatic N) is 1. The van der Waals surface area contributed by atoms with E-state index in [2.05, 4.69) is 0 Å². The molecule has 0 unspecified atom stereocenters. The maximum atomic E-state index is 12.4. The molecule has 0 spiro atoms. The predicted octanol–water partition coefficient (Wildman–Crippen LogP) is 2.25. The molecule has 100 valence electrons. The van der Waals surface area contributed by atoms with Gasteiger partial charge in [0.05, 0.1) is 16.8 Å². The predicted molar refractivity (Wildman–Crippen MR) is 76.7 cm³/mol. The van der Waals surface area contributed by atoms with Gasteiger partial charge in [0.25, 0.3) is 11.8 Å². The number of carbonyl (C=O) groups excluding carboxylic acids is 2. The Kier molecular flexibility index (Phi) is 2.88. The van der Waals surface area contributed by atoms with Crippen LogP contribution in [-0.2, 0) is 6.54 Å². The molecule has 4 heteroatoms. The molecular formula is C16H14N2O2. The summed E-state index contributed by atoms with van der Waals surface area (Å²) in [4.78, 5) is 26.1. The second-order valence-corrected chi connectivity index (χ2v) is 4.82. The lowest BCUT2D eigenvalue weighted by Gasteiger charge is -2.17. The molecule has 0 radical (unpaired) electrons. The van der Waals surface area contributed by atoms with Crippen LogP contribution in [0.5, 0.6) is 0 Å². The number of amides is 2. The van der Waals surface area contributed by atoms with Crippen molar-refractivity contribution >= 4 is 17.5 Å². The van der Waals surface area contributed by atoms with Crippen LogP contribution in [0, 0.1) is 6.92 Å². The van der Waals surface area contributed by atoms with Crippen LogP contribution >= 0.6 is 0 Å². The minimum absolute atomic E-state index is 0.275. The van der Waals surface area contributed by atoms with E-state index in [1.165, 1.54) is 4.90 Å². The molecule has 0 saturated heterocycles. The van der Waals surface area contributed by atoms with Crippen LogP contribution in [0.25, 0.3) is 0 Å². The summed E-state index contributed by atoms with van der Waals surface area (Å²) in [6, 6.07) is 12.5. The summed E-state index contributed by atoms with van der Waals surface area (Å²) < 4.78 is 0. The molecule has 0 aromatic heterocycles. The van der Waals surface area contributed by atoms with E-state index in [1.54, 1.807) is 30.3 Å². The first kappa shape index (κ1) is 12.6.